The van der Waals surface area contributed by atoms with Crippen molar-refractivity contribution >= 4 is 15.8 Å². The number of hydrogen-bond acceptors (Lipinski definition) is 4. The number of rotatable bonds is 9. The predicted octanol–water partition coefficient (Wildman–Crippen LogP) is 4.00. The fraction of sp³-hybridized carbons (Fsp3) is 0.292. The standard InChI is InChI=1S/C24H27FN2O4S/c1-17-15-23(18(2)27(17)14-13-19-5-9-21(31-4)10-6-19)24(28)16-26(3)32(29,30)22-11-7-20(25)8-12-22/h5-12,15H,13-14,16H2,1-4H3. The summed E-state index contributed by atoms with van der Waals surface area (Å²) in [4.78, 5) is 12.9. The molecule has 0 aliphatic carbocycles. The lowest BCUT2D eigenvalue weighted by Gasteiger charge is -2.16. The molecule has 0 unspecified atom stereocenters. The highest BCUT2D eigenvalue weighted by molar-refractivity contribution is 7.89. The number of aryl methyl sites for hydroxylation is 2. The molecule has 0 N–H and O–H groups in total. The van der Waals surface area contributed by atoms with E-state index in [1.807, 2.05) is 38.1 Å². The number of ether oxygens (including phenoxy) is 1. The molecule has 0 amide bonds. The van der Waals surface area contributed by atoms with Crippen LogP contribution in [0.5, 0.6) is 5.75 Å². The smallest absolute Gasteiger partial charge is 0.243 e. The van der Waals surface area contributed by atoms with Gasteiger partial charge in [0.15, 0.2) is 5.78 Å². The van der Waals surface area contributed by atoms with Crippen LogP contribution >= 0.6 is 0 Å². The van der Waals surface area contributed by atoms with E-state index in [1.165, 1.54) is 19.2 Å². The van der Waals surface area contributed by atoms with Crippen LogP contribution in [0.3, 0.4) is 0 Å². The Hall–Kier alpha value is -2.97. The first-order valence-corrected chi connectivity index (χ1v) is 11.6. The minimum atomic E-state index is -3.90. The Bertz CT molecular complexity index is 1200. The number of ketones is 1. The maximum absolute atomic E-state index is 13.1. The molecule has 0 aliphatic heterocycles. The summed E-state index contributed by atoms with van der Waals surface area (Å²) in [6, 6.07) is 14.2. The summed E-state index contributed by atoms with van der Waals surface area (Å²) in [6.45, 7) is 4.18. The zero-order chi connectivity index (χ0) is 23.5. The van der Waals surface area contributed by atoms with Gasteiger partial charge in [0, 0.05) is 30.5 Å². The van der Waals surface area contributed by atoms with E-state index < -0.39 is 15.8 Å². The SMILES string of the molecule is COc1ccc(CCn2c(C)cc(C(=O)CN(C)S(=O)(=O)c3ccc(F)cc3)c2C)cc1. The molecule has 0 radical (unpaired) electrons. The summed E-state index contributed by atoms with van der Waals surface area (Å²) in [5.41, 5.74) is 3.38. The molecule has 0 fully saturated rings. The quantitative estimate of drug-likeness (QED) is 0.455. The number of sulfonamides is 1. The van der Waals surface area contributed by atoms with E-state index in [1.54, 1.807) is 13.2 Å². The summed E-state index contributed by atoms with van der Waals surface area (Å²) < 4.78 is 46.8. The summed E-state index contributed by atoms with van der Waals surface area (Å²) in [6.07, 6.45) is 0.785. The highest BCUT2D eigenvalue weighted by Gasteiger charge is 2.25. The number of methoxy groups -OCH3 is 1. The second-order valence-electron chi connectivity index (χ2n) is 7.67. The van der Waals surface area contributed by atoms with Gasteiger partial charge in [-0.25, -0.2) is 12.8 Å². The monoisotopic (exact) mass is 458 g/mol. The van der Waals surface area contributed by atoms with Gasteiger partial charge in [-0.3, -0.25) is 4.79 Å². The molecule has 0 bridgehead atoms. The molecule has 3 rings (SSSR count). The van der Waals surface area contributed by atoms with E-state index in [-0.39, 0.29) is 17.2 Å². The molecule has 6 nitrogen and oxygen atoms in total. The first-order chi connectivity index (χ1) is 15.1. The van der Waals surface area contributed by atoms with Crippen LogP contribution in [0.25, 0.3) is 0 Å². The molecule has 32 heavy (non-hydrogen) atoms. The summed E-state index contributed by atoms with van der Waals surface area (Å²) in [5.74, 6) is -0.0126. The van der Waals surface area contributed by atoms with Gasteiger partial charge in [0.2, 0.25) is 10.0 Å². The van der Waals surface area contributed by atoms with Crippen molar-refractivity contribution in [1.29, 1.82) is 0 Å². The van der Waals surface area contributed by atoms with E-state index in [9.17, 15) is 17.6 Å². The fourth-order valence-electron chi connectivity index (χ4n) is 3.62. The van der Waals surface area contributed by atoms with Crippen LogP contribution < -0.4 is 4.74 Å². The number of benzene rings is 2. The molecule has 1 aromatic heterocycles. The zero-order valence-electron chi connectivity index (χ0n) is 18.6. The van der Waals surface area contributed by atoms with Crippen LogP contribution in [0.15, 0.2) is 59.5 Å². The second-order valence-corrected chi connectivity index (χ2v) is 9.72. The molecule has 2 aromatic carbocycles. The van der Waals surface area contributed by atoms with Gasteiger partial charge in [0.1, 0.15) is 11.6 Å². The molecule has 3 aromatic rings. The number of Topliss-reactive ketones (excluding diaryl/α,β-unsaturated/α-hetero) is 1. The van der Waals surface area contributed by atoms with Gasteiger partial charge in [0.05, 0.1) is 18.6 Å². The molecule has 0 aliphatic rings. The number of nitrogens with zero attached hydrogens (tertiary/aromatic N) is 2. The Morgan fingerprint density at radius 3 is 2.28 bits per heavy atom. The van der Waals surface area contributed by atoms with E-state index in [0.29, 0.717) is 12.1 Å². The van der Waals surface area contributed by atoms with E-state index >= 15 is 0 Å². The Morgan fingerprint density at radius 1 is 1.06 bits per heavy atom. The van der Waals surface area contributed by atoms with Crippen molar-refractivity contribution in [3.05, 3.63) is 82.9 Å². The van der Waals surface area contributed by atoms with Gasteiger partial charge in [-0.1, -0.05) is 12.1 Å². The molecular formula is C24H27FN2O4S. The first-order valence-electron chi connectivity index (χ1n) is 10.2. The molecule has 0 saturated heterocycles. The Kier molecular flexibility index (Phi) is 7.16. The average Bonchev–Trinajstić information content (AvgIpc) is 3.06. The zero-order valence-corrected chi connectivity index (χ0v) is 19.4. The van der Waals surface area contributed by atoms with E-state index in [4.69, 9.17) is 4.74 Å². The summed E-state index contributed by atoms with van der Waals surface area (Å²) in [7, 11) is -0.924. The van der Waals surface area contributed by atoms with Crippen molar-refractivity contribution in [3.63, 3.8) is 0 Å². The maximum atomic E-state index is 13.1. The molecular weight excluding hydrogens is 431 g/mol. The number of likely N-dealkylation sites (N-methyl/N-ethyl adjacent to an activating group) is 1. The molecule has 1 heterocycles. The van der Waals surface area contributed by atoms with Crippen molar-refractivity contribution in [2.24, 2.45) is 0 Å². The van der Waals surface area contributed by atoms with Gasteiger partial charge >= 0.3 is 0 Å². The Balaban J connectivity index is 1.72. The summed E-state index contributed by atoms with van der Waals surface area (Å²) >= 11 is 0. The number of hydrogen-bond donors (Lipinski definition) is 0. The van der Waals surface area contributed by atoms with Crippen LogP contribution in [0.4, 0.5) is 4.39 Å². The summed E-state index contributed by atoms with van der Waals surface area (Å²) in [5, 5.41) is 0. The third-order valence-corrected chi connectivity index (χ3v) is 7.36. The van der Waals surface area contributed by atoms with Crippen LogP contribution in [0.2, 0.25) is 0 Å². The molecule has 0 atom stereocenters. The highest BCUT2D eigenvalue weighted by atomic mass is 32.2. The second kappa shape index (κ2) is 9.67. The third-order valence-electron chi connectivity index (χ3n) is 5.55. The lowest BCUT2D eigenvalue weighted by atomic mass is 10.1. The van der Waals surface area contributed by atoms with Crippen molar-refractivity contribution < 1.29 is 22.3 Å². The normalized spacial score (nSPS) is 11.7. The maximum Gasteiger partial charge on any atom is 0.243 e. The van der Waals surface area contributed by atoms with Crippen LogP contribution in [-0.2, 0) is 23.0 Å². The lowest BCUT2D eigenvalue weighted by molar-refractivity contribution is 0.0972. The van der Waals surface area contributed by atoms with Gasteiger partial charge in [-0.2, -0.15) is 4.31 Å². The van der Waals surface area contributed by atoms with Crippen molar-refractivity contribution in [1.82, 2.24) is 8.87 Å². The predicted molar refractivity (Wildman–Crippen MR) is 121 cm³/mol. The van der Waals surface area contributed by atoms with Crippen molar-refractivity contribution in [2.45, 2.75) is 31.7 Å². The van der Waals surface area contributed by atoms with E-state index in [2.05, 4.69) is 4.57 Å². The van der Waals surface area contributed by atoms with Crippen LogP contribution in [-0.4, -0.2) is 43.8 Å². The largest absolute Gasteiger partial charge is 0.497 e. The van der Waals surface area contributed by atoms with Gasteiger partial charge in [-0.15, -0.1) is 0 Å². The van der Waals surface area contributed by atoms with Gasteiger partial charge in [0.25, 0.3) is 0 Å². The van der Waals surface area contributed by atoms with Crippen molar-refractivity contribution in [2.75, 3.05) is 20.7 Å². The number of carbonyl (C=O) groups excluding carboxylic acids is 1. The average molecular weight is 459 g/mol. The lowest BCUT2D eigenvalue weighted by Crippen LogP contribution is -2.32. The van der Waals surface area contributed by atoms with Gasteiger partial charge < -0.3 is 9.30 Å². The van der Waals surface area contributed by atoms with Crippen LogP contribution in [0.1, 0.15) is 27.3 Å². The van der Waals surface area contributed by atoms with Gasteiger partial charge in [-0.05, 0) is 68.3 Å². The van der Waals surface area contributed by atoms with Crippen LogP contribution in [0, 0.1) is 19.7 Å². The Morgan fingerprint density at radius 2 is 1.69 bits per heavy atom. The molecule has 170 valence electrons. The third kappa shape index (κ3) is 5.08. The minimum absolute atomic E-state index is 0.0563. The number of aromatic nitrogens is 1. The molecule has 0 saturated carbocycles. The van der Waals surface area contributed by atoms with E-state index in [0.717, 1.165) is 45.6 Å². The number of halogens is 1. The molecule has 8 heteroatoms. The minimum Gasteiger partial charge on any atom is -0.497 e. The fourth-order valence-corrected chi connectivity index (χ4v) is 4.75. The molecule has 0 spiro atoms. The number of carbonyl (C=O) groups is 1. The highest BCUT2D eigenvalue weighted by Crippen LogP contribution is 2.20. The Labute approximate surface area is 188 Å². The van der Waals surface area contributed by atoms with Crippen molar-refractivity contribution in [3.8, 4) is 5.75 Å². The first kappa shape index (κ1) is 23.7. The topological polar surface area (TPSA) is 68.6 Å².